The molecule has 1 heterocycles. The summed E-state index contributed by atoms with van der Waals surface area (Å²) in [7, 11) is 0. The zero-order valence-electron chi connectivity index (χ0n) is 12.4. The Kier molecular flexibility index (Phi) is 5.33. The van der Waals surface area contributed by atoms with Crippen molar-refractivity contribution in [3.63, 3.8) is 0 Å². The van der Waals surface area contributed by atoms with Gasteiger partial charge in [-0.25, -0.2) is 0 Å². The van der Waals surface area contributed by atoms with Crippen LogP contribution in [-0.4, -0.2) is 59.0 Å². The second kappa shape index (κ2) is 7.22. The quantitative estimate of drug-likeness (QED) is 0.856. The fourth-order valence-corrected chi connectivity index (χ4v) is 2.76. The number of hydrogen-bond acceptors (Lipinski definition) is 3. The van der Waals surface area contributed by atoms with Crippen LogP contribution in [0.25, 0.3) is 0 Å². The Hall–Kier alpha value is -1.88. The smallest absolute Gasteiger partial charge is 0.305 e. The van der Waals surface area contributed by atoms with E-state index in [9.17, 15) is 9.59 Å². The van der Waals surface area contributed by atoms with E-state index in [-0.39, 0.29) is 12.3 Å². The topological polar surface area (TPSA) is 60.9 Å². The van der Waals surface area contributed by atoms with Crippen molar-refractivity contribution in [3.8, 4) is 0 Å². The van der Waals surface area contributed by atoms with E-state index in [2.05, 4.69) is 12.1 Å². The summed E-state index contributed by atoms with van der Waals surface area (Å²) < 4.78 is 0. The number of amides is 1. The first kappa shape index (κ1) is 15.5. The van der Waals surface area contributed by atoms with Crippen LogP contribution in [0.5, 0.6) is 0 Å². The third-order valence-corrected chi connectivity index (χ3v) is 3.97. The van der Waals surface area contributed by atoms with Gasteiger partial charge in [0.2, 0.25) is 5.91 Å². The Bertz CT molecular complexity index is 490. The van der Waals surface area contributed by atoms with Gasteiger partial charge in [-0.2, -0.15) is 0 Å². The molecule has 0 radical (unpaired) electrons. The van der Waals surface area contributed by atoms with Crippen LogP contribution >= 0.6 is 0 Å². The van der Waals surface area contributed by atoms with E-state index >= 15 is 0 Å². The van der Waals surface area contributed by atoms with E-state index in [4.69, 9.17) is 5.11 Å². The molecule has 1 aromatic carbocycles. The Morgan fingerprint density at radius 1 is 1.29 bits per heavy atom. The summed E-state index contributed by atoms with van der Waals surface area (Å²) in [5, 5.41) is 9.05. The highest BCUT2D eigenvalue weighted by Gasteiger charge is 2.35. The van der Waals surface area contributed by atoms with Gasteiger partial charge >= 0.3 is 5.97 Å². The minimum Gasteiger partial charge on any atom is -0.481 e. The lowest BCUT2D eigenvalue weighted by Crippen LogP contribution is -2.57. The number of carbonyl (C=O) groups is 2. The maximum atomic E-state index is 12.3. The molecular formula is C16H22N2O3. The highest BCUT2D eigenvalue weighted by Crippen LogP contribution is 2.15. The molecule has 1 saturated heterocycles. The van der Waals surface area contributed by atoms with Gasteiger partial charge in [-0.05, 0) is 18.9 Å². The molecule has 1 unspecified atom stereocenters. The van der Waals surface area contributed by atoms with Crippen molar-refractivity contribution in [2.75, 3.05) is 26.2 Å². The van der Waals surface area contributed by atoms with Gasteiger partial charge in [0, 0.05) is 26.2 Å². The highest BCUT2D eigenvalue weighted by molar-refractivity contribution is 5.86. The van der Waals surface area contributed by atoms with Gasteiger partial charge in [-0.1, -0.05) is 30.3 Å². The normalized spacial score (nSPS) is 19.8. The van der Waals surface area contributed by atoms with E-state index in [0.717, 1.165) is 13.0 Å². The summed E-state index contributed by atoms with van der Waals surface area (Å²) in [5.41, 5.74) is 1.21. The molecule has 1 aliphatic rings. The average Bonchev–Trinajstić information content (AvgIpc) is 2.48. The van der Waals surface area contributed by atoms with Gasteiger partial charge in [0.1, 0.15) is 0 Å². The number of rotatable bonds is 6. The molecule has 0 bridgehead atoms. The van der Waals surface area contributed by atoms with Crippen molar-refractivity contribution in [1.82, 2.24) is 9.80 Å². The predicted octanol–water partition coefficient (Wildman–Crippen LogP) is 1.24. The van der Waals surface area contributed by atoms with Crippen LogP contribution in [0.2, 0.25) is 0 Å². The number of likely N-dealkylation sites (N-methyl/N-ethyl adjacent to an activating group) is 1. The monoisotopic (exact) mass is 290 g/mol. The van der Waals surface area contributed by atoms with E-state index in [1.165, 1.54) is 5.56 Å². The Labute approximate surface area is 125 Å². The fourth-order valence-electron chi connectivity index (χ4n) is 2.76. The Balaban J connectivity index is 2.02. The standard InChI is InChI=1S/C16H22N2O3/c1-2-17-10-11-18(14(16(17)21)12-15(19)20)9-8-13-6-4-3-5-7-13/h3-7,14H,2,8-12H2,1H3,(H,19,20). The summed E-state index contributed by atoms with van der Waals surface area (Å²) in [6.45, 7) is 4.70. The zero-order valence-corrected chi connectivity index (χ0v) is 12.4. The zero-order chi connectivity index (χ0) is 15.2. The molecule has 0 saturated carbocycles. The molecule has 0 aliphatic carbocycles. The van der Waals surface area contributed by atoms with Gasteiger partial charge in [0.15, 0.2) is 0 Å². The first-order valence-electron chi connectivity index (χ1n) is 7.40. The summed E-state index contributed by atoms with van der Waals surface area (Å²) in [5.74, 6) is -0.977. The molecule has 1 aliphatic heterocycles. The van der Waals surface area contributed by atoms with Crippen molar-refractivity contribution in [2.24, 2.45) is 0 Å². The van der Waals surface area contributed by atoms with Crippen LogP contribution in [-0.2, 0) is 16.0 Å². The minimum atomic E-state index is -0.920. The minimum absolute atomic E-state index is 0.0563. The fraction of sp³-hybridized carbons (Fsp3) is 0.500. The summed E-state index contributed by atoms with van der Waals surface area (Å²) in [6.07, 6.45) is 0.709. The van der Waals surface area contributed by atoms with Crippen molar-refractivity contribution in [1.29, 1.82) is 0 Å². The first-order valence-corrected chi connectivity index (χ1v) is 7.40. The summed E-state index contributed by atoms with van der Waals surface area (Å²) in [6, 6.07) is 9.53. The van der Waals surface area contributed by atoms with E-state index in [1.54, 1.807) is 4.90 Å². The molecule has 1 atom stereocenters. The molecular weight excluding hydrogens is 268 g/mol. The van der Waals surface area contributed by atoms with Crippen molar-refractivity contribution in [2.45, 2.75) is 25.8 Å². The summed E-state index contributed by atoms with van der Waals surface area (Å²) in [4.78, 5) is 27.1. The number of piperazine rings is 1. The predicted molar refractivity (Wildman–Crippen MR) is 80.0 cm³/mol. The van der Waals surface area contributed by atoms with Gasteiger partial charge in [-0.3, -0.25) is 14.5 Å². The van der Waals surface area contributed by atoms with Crippen LogP contribution in [0, 0.1) is 0 Å². The lowest BCUT2D eigenvalue weighted by atomic mass is 10.1. The maximum Gasteiger partial charge on any atom is 0.305 e. The second-order valence-electron chi connectivity index (χ2n) is 5.30. The number of carbonyl (C=O) groups excluding carboxylic acids is 1. The van der Waals surface area contributed by atoms with Crippen LogP contribution in [0.3, 0.4) is 0 Å². The average molecular weight is 290 g/mol. The van der Waals surface area contributed by atoms with Crippen molar-refractivity contribution in [3.05, 3.63) is 35.9 Å². The lowest BCUT2D eigenvalue weighted by molar-refractivity contribution is -0.149. The van der Waals surface area contributed by atoms with Crippen molar-refractivity contribution < 1.29 is 14.7 Å². The molecule has 114 valence electrons. The van der Waals surface area contributed by atoms with E-state index in [1.807, 2.05) is 30.0 Å². The molecule has 21 heavy (non-hydrogen) atoms. The van der Waals surface area contributed by atoms with Gasteiger partial charge in [-0.15, -0.1) is 0 Å². The number of carboxylic acid groups (broad SMARTS) is 1. The van der Waals surface area contributed by atoms with E-state index in [0.29, 0.717) is 19.6 Å². The molecule has 0 aromatic heterocycles. The summed E-state index contributed by atoms with van der Waals surface area (Å²) >= 11 is 0. The third kappa shape index (κ3) is 4.04. The number of aliphatic carboxylic acids is 1. The molecule has 1 aromatic rings. The number of carboxylic acids is 1. The highest BCUT2D eigenvalue weighted by atomic mass is 16.4. The molecule has 1 amide bonds. The SMILES string of the molecule is CCN1CCN(CCc2ccccc2)C(CC(=O)O)C1=O. The first-order chi connectivity index (χ1) is 10.1. The number of nitrogens with zero attached hydrogens (tertiary/aromatic N) is 2. The van der Waals surface area contributed by atoms with Crippen molar-refractivity contribution >= 4 is 11.9 Å². The molecule has 5 heteroatoms. The Morgan fingerprint density at radius 3 is 2.62 bits per heavy atom. The van der Waals surface area contributed by atoms with E-state index < -0.39 is 12.0 Å². The molecule has 5 nitrogen and oxygen atoms in total. The number of hydrogen-bond donors (Lipinski definition) is 1. The van der Waals surface area contributed by atoms with Gasteiger partial charge in [0.25, 0.3) is 0 Å². The molecule has 2 rings (SSSR count). The molecule has 1 N–H and O–H groups in total. The van der Waals surface area contributed by atoms with Crippen LogP contribution in [0.4, 0.5) is 0 Å². The molecule has 1 fully saturated rings. The van der Waals surface area contributed by atoms with Crippen LogP contribution in [0.1, 0.15) is 18.9 Å². The second-order valence-corrected chi connectivity index (χ2v) is 5.30. The molecule has 0 spiro atoms. The third-order valence-electron chi connectivity index (χ3n) is 3.97. The Morgan fingerprint density at radius 2 is 2.00 bits per heavy atom. The van der Waals surface area contributed by atoms with Crippen LogP contribution < -0.4 is 0 Å². The maximum absolute atomic E-state index is 12.3. The van der Waals surface area contributed by atoms with Crippen LogP contribution in [0.15, 0.2) is 30.3 Å². The lowest BCUT2D eigenvalue weighted by Gasteiger charge is -2.39. The van der Waals surface area contributed by atoms with Gasteiger partial charge < -0.3 is 10.0 Å². The van der Waals surface area contributed by atoms with Gasteiger partial charge in [0.05, 0.1) is 12.5 Å². The largest absolute Gasteiger partial charge is 0.481 e. The number of benzene rings is 1.